The van der Waals surface area contributed by atoms with Crippen molar-refractivity contribution in [2.75, 3.05) is 16.7 Å². The Morgan fingerprint density at radius 3 is 2.37 bits per heavy atom. The smallest absolute Gasteiger partial charge is 0.264 e. The summed E-state index contributed by atoms with van der Waals surface area (Å²) in [4.78, 5) is 13.0. The first-order valence-corrected chi connectivity index (χ1v) is 11.3. The monoisotopic (exact) mass is 442 g/mol. The number of benzene rings is 3. The van der Waals surface area contributed by atoms with Crippen LogP contribution < -0.4 is 9.62 Å². The molecule has 0 bridgehead atoms. The maximum Gasteiger partial charge on any atom is 0.264 e. The number of nitrogens with one attached hydrogen (secondary N) is 1. The summed E-state index contributed by atoms with van der Waals surface area (Å²) in [6.45, 7) is 3.82. The topological polar surface area (TPSA) is 66.5 Å². The Bertz CT molecular complexity index is 1180. The molecule has 0 aliphatic carbocycles. The van der Waals surface area contributed by atoms with Crippen LogP contribution in [0.25, 0.3) is 0 Å². The fourth-order valence-electron chi connectivity index (χ4n) is 3.13. The summed E-state index contributed by atoms with van der Waals surface area (Å²) in [6, 6.07) is 18.6. The quantitative estimate of drug-likeness (QED) is 0.564. The Labute approximate surface area is 182 Å². The summed E-state index contributed by atoms with van der Waals surface area (Å²) in [7, 11) is -2.33. The third-order valence-corrected chi connectivity index (χ3v) is 6.97. The highest BCUT2D eigenvalue weighted by Crippen LogP contribution is 2.28. The number of nitrogens with zero attached hydrogens (tertiary/aromatic N) is 1. The van der Waals surface area contributed by atoms with Gasteiger partial charge in [0, 0.05) is 23.3 Å². The molecule has 0 spiro atoms. The zero-order chi connectivity index (χ0) is 21.9. The minimum atomic E-state index is -3.80. The van der Waals surface area contributed by atoms with Crippen LogP contribution in [-0.4, -0.2) is 21.4 Å². The molecule has 0 fully saturated rings. The lowest BCUT2D eigenvalue weighted by Crippen LogP contribution is -2.27. The molecule has 0 aromatic heterocycles. The van der Waals surface area contributed by atoms with Gasteiger partial charge in [-0.05, 0) is 66.9 Å². The molecule has 156 valence electrons. The molecule has 3 aromatic rings. The average Bonchev–Trinajstić information content (AvgIpc) is 2.74. The fourth-order valence-corrected chi connectivity index (χ4v) is 4.51. The summed E-state index contributed by atoms with van der Waals surface area (Å²) < 4.78 is 27.3. The number of hydrogen-bond acceptors (Lipinski definition) is 3. The number of amides is 1. The minimum absolute atomic E-state index is 0.125. The van der Waals surface area contributed by atoms with Crippen molar-refractivity contribution in [1.82, 2.24) is 0 Å². The van der Waals surface area contributed by atoms with Crippen LogP contribution in [0.4, 0.5) is 11.4 Å². The summed E-state index contributed by atoms with van der Waals surface area (Å²) in [5.41, 5.74) is 3.32. The Hall–Kier alpha value is -2.83. The van der Waals surface area contributed by atoms with E-state index in [1.807, 2.05) is 31.2 Å². The first-order valence-electron chi connectivity index (χ1n) is 9.48. The number of carbonyl (C=O) groups is 1. The van der Waals surface area contributed by atoms with Gasteiger partial charge in [0.05, 0.1) is 10.6 Å². The van der Waals surface area contributed by atoms with Crippen molar-refractivity contribution in [1.29, 1.82) is 0 Å². The summed E-state index contributed by atoms with van der Waals surface area (Å²) in [6.07, 6.45) is 0.789. The summed E-state index contributed by atoms with van der Waals surface area (Å²) >= 11 is 5.87. The Morgan fingerprint density at radius 1 is 1.03 bits per heavy atom. The Balaban J connectivity index is 1.92. The van der Waals surface area contributed by atoms with Crippen molar-refractivity contribution >= 4 is 38.9 Å². The molecular weight excluding hydrogens is 420 g/mol. The van der Waals surface area contributed by atoms with E-state index >= 15 is 0 Å². The van der Waals surface area contributed by atoms with Gasteiger partial charge in [-0.3, -0.25) is 9.10 Å². The molecular formula is C23H23ClN2O3S. The number of hydrogen-bond donors (Lipinski definition) is 1. The van der Waals surface area contributed by atoms with Crippen LogP contribution in [0.15, 0.2) is 71.6 Å². The van der Waals surface area contributed by atoms with Crippen LogP contribution >= 0.6 is 11.6 Å². The molecule has 3 rings (SSSR count). The first kappa shape index (κ1) is 21.9. The van der Waals surface area contributed by atoms with E-state index in [0.717, 1.165) is 23.2 Å². The van der Waals surface area contributed by atoms with Gasteiger partial charge in [-0.1, -0.05) is 42.8 Å². The lowest BCUT2D eigenvalue weighted by molar-refractivity contribution is 0.102. The molecule has 0 aliphatic rings. The van der Waals surface area contributed by atoms with Gasteiger partial charge in [0.15, 0.2) is 0 Å². The predicted octanol–water partition coefficient (Wildman–Crippen LogP) is 5.29. The molecule has 0 saturated carbocycles. The zero-order valence-electron chi connectivity index (χ0n) is 17.0. The van der Waals surface area contributed by atoms with E-state index in [2.05, 4.69) is 5.32 Å². The van der Waals surface area contributed by atoms with Crippen molar-refractivity contribution in [2.45, 2.75) is 25.2 Å². The zero-order valence-corrected chi connectivity index (χ0v) is 18.6. The summed E-state index contributed by atoms with van der Waals surface area (Å²) in [5, 5.41) is 3.38. The number of halogens is 1. The van der Waals surface area contributed by atoms with Crippen LogP contribution in [0, 0.1) is 6.92 Å². The molecule has 5 nitrogen and oxygen atoms in total. The number of anilines is 2. The van der Waals surface area contributed by atoms with E-state index in [1.54, 1.807) is 25.1 Å². The number of sulfonamides is 1. The van der Waals surface area contributed by atoms with Gasteiger partial charge in [-0.25, -0.2) is 8.42 Å². The van der Waals surface area contributed by atoms with Gasteiger partial charge in [0.1, 0.15) is 0 Å². The van der Waals surface area contributed by atoms with Crippen LogP contribution in [0.3, 0.4) is 0 Å². The van der Waals surface area contributed by atoms with Crippen LogP contribution in [0.2, 0.25) is 5.02 Å². The van der Waals surface area contributed by atoms with Gasteiger partial charge in [0.25, 0.3) is 15.9 Å². The molecule has 30 heavy (non-hydrogen) atoms. The van der Waals surface area contributed by atoms with Gasteiger partial charge in [-0.2, -0.15) is 0 Å². The molecule has 0 saturated heterocycles. The van der Waals surface area contributed by atoms with Crippen molar-refractivity contribution in [3.05, 3.63) is 88.4 Å². The van der Waals surface area contributed by atoms with E-state index in [4.69, 9.17) is 11.6 Å². The average molecular weight is 443 g/mol. The van der Waals surface area contributed by atoms with Gasteiger partial charge >= 0.3 is 0 Å². The molecule has 7 heteroatoms. The first-order chi connectivity index (χ1) is 14.2. The van der Waals surface area contributed by atoms with Gasteiger partial charge in [0.2, 0.25) is 0 Å². The van der Waals surface area contributed by atoms with E-state index in [1.165, 1.54) is 35.6 Å². The SMILES string of the molecule is CCc1ccccc1NC(=O)c1ccc(C)c(N(C)S(=O)(=O)c2ccc(Cl)cc2)c1. The highest BCUT2D eigenvalue weighted by atomic mass is 35.5. The molecule has 0 atom stereocenters. The van der Waals surface area contributed by atoms with E-state index in [-0.39, 0.29) is 10.8 Å². The predicted molar refractivity (Wildman–Crippen MR) is 122 cm³/mol. The standard InChI is InChI=1S/C23H23ClN2O3S/c1-4-17-7-5-6-8-21(17)25-23(27)18-10-9-16(2)22(15-18)26(3)30(28,29)20-13-11-19(24)12-14-20/h5-15H,4H2,1-3H3,(H,25,27). The number of rotatable bonds is 6. The molecule has 0 heterocycles. The molecule has 0 aliphatic heterocycles. The van der Waals surface area contributed by atoms with E-state index < -0.39 is 10.0 Å². The Morgan fingerprint density at radius 2 is 1.70 bits per heavy atom. The molecule has 3 aromatic carbocycles. The summed E-state index contributed by atoms with van der Waals surface area (Å²) in [5.74, 6) is -0.297. The highest BCUT2D eigenvalue weighted by Gasteiger charge is 2.23. The number of carbonyl (C=O) groups excluding carboxylic acids is 1. The maximum absolute atomic E-state index is 13.0. The third-order valence-electron chi connectivity index (χ3n) is 4.93. The van der Waals surface area contributed by atoms with Crippen LogP contribution in [0.5, 0.6) is 0 Å². The lowest BCUT2D eigenvalue weighted by atomic mass is 10.1. The van der Waals surface area contributed by atoms with Crippen molar-refractivity contribution in [3.63, 3.8) is 0 Å². The van der Waals surface area contributed by atoms with Crippen molar-refractivity contribution in [3.8, 4) is 0 Å². The fraction of sp³-hybridized carbons (Fsp3) is 0.174. The molecule has 0 radical (unpaired) electrons. The lowest BCUT2D eigenvalue weighted by Gasteiger charge is -2.22. The maximum atomic E-state index is 13.0. The molecule has 0 unspecified atom stereocenters. The van der Waals surface area contributed by atoms with Gasteiger partial charge < -0.3 is 5.32 Å². The van der Waals surface area contributed by atoms with Crippen molar-refractivity contribution < 1.29 is 13.2 Å². The van der Waals surface area contributed by atoms with Crippen LogP contribution in [0.1, 0.15) is 28.4 Å². The minimum Gasteiger partial charge on any atom is -0.322 e. The second kappa shape index (κ2) is 8.90. The molecule has 1 N–H and O–H groups in total. The van der Waals surface area contributed by atoms with Gasteiger partial charge in [-0.15, -0.1) is 0 Å². The van der Waals surface area contributed by atoms with E-state index in [0.29, 0.717) is 16.3 Å². The normalized spacial score (nSPS) is 11.2. The highest BCUT2D eigenvalue weighted by molar-refractivity contribution is 7.92. The second-order valence-electron chi connectivity index (χ2n) is 6.89. The third kappa shape index (κ3) is 4.50. The number of aryl methyl sites for hydroxylation is 2. The number of para-hydroxylation sites is 1. The van der Waals surface area contributed by atoms with E-state index in [9.17, 15) is 13.2 Å². The van der Waals surface area contributed by atoms with Crippen molar-refractivity contribution in [2.24, 2.45) is 0 Å². The second-order valence-corrected chi connectivity index (χ2v) is 9.30. The molecule has 1 amide bonds. The Kier molecular flexibility index (Phi) is 6.48. The largest absolute Gasteiger partial charge is 0.322 e. The van der Waals surface area contributed by atoms with Crippen LogP contribution in [-0.2, 0) is 16.4 Å².